The van der Waals surface area contributed by atoms with Crippen LogP contribution in [0.2, 0.25) is 0 Å². The van der Waals surface area contributed by atoms with Crippen molar-refractivity contribution in [3.05, 3.63) is 47.5 Å². The molecular formula is C34H50N2O2. The smallest absolute Gasteiger partial charge is 0.251 e. The lowest BCUT2D eigenvalue weighted by Gasteiger charge is -2.29. The molecule has 0 atom stereocenters. The molecule has 38 heavy (non-hydrogen) atoms. The van der Waals surface area contributed by atoms with E-state index in [1.54, 1.807) is 0 Å². The van der Waals surface area contributed by atoms with Crippen molar-refractivity contribution in [2.24, 2.45) is 11.8 Å². The summed E-state index contributed by atoms with van der Waals surface area (Å²) in [4.78, 5) is 25.9. The molecular weight excluding hydrogens is 468 g/mol. The normalized spacial score (nSPS) is 23.7. The lowest BCUT2D eigenvalue weighted by Crippen LogP contribution is -2.37. The Morgan fingerprint density at radius 3 is 1.37 bits per heavy atom. The first-order valence-corrected chi connectivity index (χ1v) is 15.7. The van der Waals surface area contributed by atoms with Gasteiger partial charge in [0.25, 0.3) is 11.8 Å². The number of fused-ring (bicyclic) bond motifs is 1. The van der Waals surface area contributed by atoms with E-state index in [1.807, 2.05) is 36.4 Å². The summed E-state index contributed by atoms with van der Waals surface area (Å²) >= 11 is 0. The number of carbonyl (C=O) groups excluding carboxylic acids is 2. The summed E-state index contributed by atoms with van der Waals surface area (Å²) in [6.45, 7) is 4.52. The van der Waals surface area contributed by atoms with Gasteiger partial charge in [-0.25, -0.2) is 0 Å². The molecule has 2 aliphatic rings. The quantitative estimate of drug-likeness (QED) is 0.276. The van der Waals surface area contributed by atoms with E-state index in [9.17, 15) is 9.59 Å². The molecule has 4 heteroatoms. The van der Waals surface area contributed by atoms with Gasteiger partial charge in [0.15, 0.2) is 0 Å². The molecule has 2 amide bonds. The van der Waals surface area contributed by atoms with Crippen LogP contribution in [0.1, 0.15) is 137 Å². The Hall–Kier alpha value is -2.36. The van der Waals surface area contributed by atoms with Gasteiger partial charge in [-0.1, -0.05) is 77.3 Å². The second kappa shape index (κ2) is 14.7. The molecule has 2 aromatic rings. The third-order valence-corrected chi connectivity index (χ3v) is 9.16. The minimum absolute atomic E-state index is 0.0217. The van der Waals surface area contributed by atoms with Gasteiger partial charge in [0.1, 0.15) is 0 Å². The van der Waals surface area contributed by atoms with Crippen molar-refractivity contribution in [2.45, 2.75) is 129 Å². The molecule has 0 spiro atoms. The average molecular weight is 519 g/mol. The SMILES string of the molecule is CCCCCC1CCC(NC(=O)c2ccc3cc(C(=O)NC4CCC(CCCCC)CC4)ccc3c2)CC1. The zero-order valence-electron chi connectivity index (χ0n) is 23.9. The van der Waals surface area contributed by atoms with Gasteiger partial charge in [-0.15, -0.1) is 0 Å². The lowest BCUT2D eigenvalue weighted by atomic mass is 9.83. The number of amides is 2. The van der Waals surface area contributed by atoms with E-state index in [0.29, 0.717) is 11.1 Å². The van der Waals surface area contributed by atoms with Crippen LogP contribution in [0, 0.1) is 11.8 Å². The molecule has 2 saturated carbocycles. The van der Waals surface area contributed by atoms with Gasteiger partial charge in [-0.3, -0.25) is 9.59 Å². The van der Waals surface area contributed by atoms with Gasteiger partial charge in [0, 0.05) is 23.2 Å². The van der Waals surface area contributed by atoms with Crippen LogP contribution in [0.15, 0.2) is 36.4 Å². The largest absolute Gasteiger partial charge is 0.349 e. The van der Waals surface area contributed by atoms with Crippen LogP contribution >= 0.6 is 0 Å². The maximum absolute atomic E-state index is 13.0. The maximum atomic E-state index is 13.0. The molecule has 208 valence electrons. The zero-order valence-corrected chi connectivity index (χ0v) is 23.9. The summed E-state index contributed by atoms with van der Waals surface area (Å²) in [6, 6.07) is 12.3. The van der Waals surface area contributed by atoms with Crippen LogP contribution in [0.5, 0.6) is 0 Å². The van der Waals surface area contributed by atoms with E-state index in [1.165, 1.54) is 77.0 Å². The number of rotatable bonds is 12. The summed E-state index contributed by atoms with van der Waals surface area (Å²) in [7, 11) is 0. The first kappa shape index (κ1) is 28.6. The monoisotopic (exact) mass is 518 g/mol. The highest BCUT2D eigenvalue weighted by molar-refractivity contribution is 6.02. The Morgan fingerprint density at radius 1 is 0.605 bits per heavy atom. The van der Waals surface area contributed by atoms with E-state index in [-0.39, 0.29) is 23.9 Å². The maximum Gasteiger partial charge on any atom is 0.251 e. The topological polar surface area (TPSA) is 58.2 Å². The third kappa shape index (κ3) is 8.32. The fourth-order valence-electron chi connectivity index (χ4n) is 6.62. The molecule has 0 unspecified atom stereocenters. The van der Waals surface area contributed by atoms with Crippen molar-refractivity contribution in [3.8, 4) is 0 Å². The molecule has 0 bridgehead atoms. The number of carbonyl (C=O) groups is 2. The van der Waals surface area contributed by atoms with Crippen molar-refractivity contribution < 1.29 is 9.59 Å². The highest BCUT2D eigenvalue weighted by atomic mass is 16.2. The molecule has 2 N–H and O–H groups in total. The van der Waals surface area contributed by atoms with Crippen LogP contribution in [-0.2, 0) is 0 Å². The van der Waals surface area contributed by atoms with E-state index in [0.717, 1.165) is 48.3 Å². The summed E-state index contributed by atoms with van der Waals surface area (Å²) in [5, 5.41) is 8.56. The van der Waals surface area contributed by atoms with E-state index in [4.69, 9.17) is 0 Å². The number of unbranched alkanes of at least 4 members (excludes halogenated alkanes) is 4. The zero-order chi connectivity index (χ0) is 26.7. The molecule has 0 aromatic heterocycles. The molecule has 0 heterocycles. The Kier molecular flexibility index (Phi) is 11.1. The Labute approximate surface area is 230 Å². The number of hydrogen-bond donors (Lipinski definition) is 2. The number of nitrogens with one attached hydrogen (secondary N) is 2. The van der Waals surface area contributed by atoms with Crippen LogP contribution in [0.25, 0.3) is 10.8 Å². The summed E-state index contributed by atoms with van der Waals surface area (Å²) in [5.41, 5.74) is 1.41. The minimum atomic E-state index is 0.0217. The first-order valence-electron chi connectivity index (χ1n) is 15.7. The second-order valence-corrected chi connectivity index (χ2v) is 12.2. The summed E-state index contributed by atoms with van der Waals surface area (Å²) in [6.07, 6.45) is 19.9. The fraction of sp³-hybridized carbons (Fsp3) is 0.647. The molecule has 4 rings (SSSR count). The number of benzene rings is 2. The van der Waals surface area contributed by atoms with Gasteiger partial charge in [-0.2, -0.15) is 0 Å². The van der Waals surface area contributed by atoms with Crippen molar-refractivity contribution in [2.75, 3.05) is 0 Å². The van der Waals surface area contributed by atoms with Crippen molar-refractivity contribution >= 4 is 22.6 Å². The van der Waals surface area contributed by atoms with Crippen LogP contribution in [0.3, 0.4) is 0 Å². The highest BCUT2D eigenvalue weighted by Crippen LogP contribution is 2.30. The Bertz CT molecular complexity index is 949. The van der Waals surface area contributed by atoms with E-state index in [2.05, 4.69) is 24.5 Å². The van der Waals surface area contributed by atoms with E-state index < -0.39 is 0 Å². The van der Waals surface area contributed by atoms with Gasteiger partial charge in [-0.05, 0) is 98.2 Å². The molecule has 0 saturated heterocycles. The van der Waals surface area contributed by atoms with E-state index >= 15 is 0 Å². The van der Waals surface area contributed by atoms with Gasteiger partial charge in [0.2, 0.25) is 0 Å². The van der Waals surface area contributed by atoms with Crippen LogP contribution in [0.4, 0.5) is 0 Å². The molecule has 2 fully saturated rings. The molecule has 0 aliphatic heterocycles. The van der Waals surface area contributed by atoms with Crippen molar-refractivity contribution in [1.82, 2.24) is 10.6 Å². The van der Waals surface area contributed by atoms with Crippen molar-refractivity contribution in [1.29, 1.82) is 0 Å². The fourth-order valence-corrected chi connectivity index (χ4v) is 6.62. The first-order chi connectivity index (χ1) is 18.6. The van der Waals surface area contributed by atoms with Crippen LogP contribution in [-0.4, -0.2) is 23.9 Å². The number of hydrogen-bond acceptors (Lipinski definition) is 2. The highest BCUT2D eigenvalue weighted by Gasteiger charge is 2.24. The minimum Gasteiger partial charge on any atom is -0.349 e. The predicted octanol–water partition coefficient (Wildman–Crippen LogP) is 8.58. The molecule has 0 radical (unpaired) electrons. The Morgan fingerprint density at radius 2 is 1.00 bits per heavy atom. The molecule has 2 aromatic carbocycles. The van der Waals surface area contributed by atoms with Gasteiger partial charge in [0.05, 0.1) is 0 Å². The standard InChI is InChI=1S/C34H50N2O2/c1-3-5-7-9-25-11-19-31(20-12-25)35-33(37)29-17-15-28-24-30(18-16-27(28)23-29)34(38)36-32-21-13-26(14-22-32)10-8-6-4-2/h15-18,23-26,31-32H,3-14,19-22H2,1-2H3,(H,35,37)(H,36,38). The second-order valence-electron chi connectivity index (χ2n) is 12.2. The summed E-state index contributed by atoms with van der Waals surface area (Å²) < 4.78 is 0. The third-order valence-electron chi connectivity index (χ3n) is 9.16. The van der Waals surface area contributed by atoms with Crippen LogP contribution < -0.4 is 10.6 Å². The van der Waals surface area contributed by atoms with Gasteiger partial charge < -0.3 is 10.6 Å². The average Bonchev–Trinajstić information content (AvgIpc) is 2.94. The van der Waals surface area contributed by atoms with Crippen molar-refractivity contribution in [3.63, 3.8) is 0 Å². The predicted molar refractivity (Wildman–Crippen MR) is 159 cm³/mol. The molecule has 4 nitrogen and oxygen atoms in total. The molecule has 2 aliphatic carbocycles. The Balaban J connectivity index is 1.25. The lowest BCUT2D eigenvalue weighted by molar-refractivity contribution is 0.0912. The van der Waals surface area contributed by atoms with Gasteiger partial charge >= 0.3 is 0 Å². The summed E-state index contributed by atoms with van der Waals surface area (Å²) in [5.74, 6) is 1.72.